The normalized spacial score (nSPS) is 16.4. The summed E-state index contributed by atoms with van der Waals surface area (Å²) in [5.41, 5.74) is -0.581. The van der Waals surface area contributed by atoms with Crippen molar-refractivity contribution in [3.05, 3.63) is 11.6 Å². The molecule has 2 N–H and O–H groups in total. The third-order valence-corrected chi connectivity index (χ3v) is 3.57. The van der Waals surface area contributed by atoms with Crippen molar-refractivity contribution in [1.82, 2.24) is 25.4 Å². The predicted molar refractivity (Wildman–Crippen MR) is 68.0 cm³/mol. The summed E-state index contributed by atoms with van der Waals surface area (Å²) < 4.78 is 2.11. The van der Waals surface area contributed by atoms with Crippen LogP contribution in [0, 0.1) is 0 Å². The summed E-state index contributed by atoms with van der Waals surface area (Å²) in [4.78, 5) is 12.1. The highest BCUT2D eigenvalue weighted by Gasteiger charge is 2.29. The zero-order valence-corrected chi connectivity index (χ0v) is 11.4. The van der Waals surface area contributed by atoms with Crippen LogP contribution in [-0.2, 0) is 17.8 Å². The Balaban J connectivity index is 2.08. The Morgan fingerprint density at radius 3 is 2.83 bits per heavy atom. The molecule has 0 aliphatic carbocycles. The van der Waals surface area contributed by atoms with E-state index in [1.807, 2.05) is 20.8 Å². The number of carbonyl (C=O) groups is 1. The van der Waals surface area contributed by atoms with E-state index >= 15 is 0 Å². The minimum atomic E-state index is -0.581. The van der Waals surface area contributed by atoms with E-state index in [9.17, 15) is 4.79 Å². The van der Waals surface area contributed by atoms with Gasteiger partial charge in [0.05, 0.1) is 11.6 Å². The van der Waals surface area contributed by atoms with E-state index in [1.54, 1.807) is 7.05 Å². The minimum absolute atomic E-state index is 0.0344. The first-order valence-electron chi connectivity index (χ1n) is 6.37. The van der Waals surface area contributed by atoms with Crippen molar-refractivity contribution in [2.75, 3.05) is 7.05 Å². The van der Waals surface area contributed by atoms with Gasteiger partial charge in [-0.05, 0) is 34.2 Å². The van der Waals surface area contributed by atoms with Crippen molar-refractivity contribution in [2.45, 2.75) is 51.7 Å². The van der Waals surface area contributed by atoms with Gasteiger partial charge in [-0.3, -0.25) is 4.79 Å². The van der Waals surface area contributed by atoms with Crippen molar-refractivity contribution >= 4 is 5.91 Å². The molecule has 1 atom stereocenters. The van der Waals surface area contributed by atoms with Gasteiger partial charge in [0.15, 0.2) is 5.82 Å². The van der Waals surface area contributed by atoms with Gasteiger partial charge in [-0.25, -0.2) is 0 Å². The Bertz CT molecular complexity index is 451. The van der Waals surface area contributed by atoms with Crippen LogP contribution < -0.4 is 10.6 Å². The zero-order valence-electron chi connectivity index (χ0n) is 11.4. The SMILES string of the molecule is CNC(C)(C)C(=O)NC(C)c1nnc2n1CCC2. The largest absolute Gasteiger partial charge is 0.345 e. The highest BCUT2D eigenvalue weighted by Crippen LogP contribution is 2.19. The standard InChI is InChI=1S/C12H21N5O/c1-8(14-11(18)12(2,3)13-4)10-16-15-9-6-5-7-17(9)10/h8,13H,5-7H2,1-4H3,(H,14,18). The molecule has 1 aromatic heterocycles. The van der Waals surface area contributed by atoms with Crippen LogP contribution in [0.2, 0.25) is 0 Å². The Kier molecular flexibility index (Phi) is 3.38. The molecule has 2 rings (SSSR count). The monoisotopic (exact) mass is 251 g/mol. The Morgan fingerprint density at radius 1 is 1.44 bits per heavy atom. The van der Waals surface area contributed by atoms with Crippen LogP contribution in [-0.4, -0.2) is 33.3 Å². The second-order valence-corrected chi connectivity index (χ2v) is 5.30. The first kappa shape index (κ1) is 13.0. The molecule has 0 bridgehead atoms. The molecule has 100 valence electrons. The minimum Gasteiger partial charge on any atom is -0.345 e. The molecule has 1 unspecified atom stereocenters. The number of nitrogens with one attached hydrogen (secondary N) is 2. The fourth-order valence-corrected chi connectivity index (χ4v) is 2.05. The molecule has 0 aromatic carbocycles. The number of nitrogens with zero attached hydrogens (tertiary/aromatic N) is 3. The van der Waals surface area contributed by atoms with Gasteiger partial charge in [-0.15, -0.1) is 10.2 Å². The number of hydrogen-bond donors (Lipinski definition) is 2. The molecule has 1 aliphatic heterocycles. The van der Waals surface area contributed by atoms with E-state index in [0.717, 1.165) is 31.0 Å². The lowest BCUT2D eigenvalue weighted by atomic mass is 10.0. The number of aromatic nitrogens is 3. The topological polar surface area (TPSA) is 71.8 Å². The first-order valence-corrected chi connectivity index (χ1v) is 6.37. The van der Waals surface area contributed by atoms with Crippen molar-refractivity contribution in [3.8, 4) is 0 Å². The second kappa shape index (κ2) is 4.68. The van der Waals surface area contributed by atoms with Crippen molar-refractivity contribution in [2.24, 2.45) is 0 Å². The fourth-order valence-electron chi connectivity index (χ4n) is 2.05. The Morgan fingerprint density at radius 2 is 2.17 bits per heavy atom. The average molecular weight is 251 g/mol. The Labute approximate surface area is 107 Å². The van der Waals surface area contributed by atoms with Crippen molar-refractivity contribution < 1.29 is 4.79 Å². The van der Waals surface area contributed by atoms with Crippen LogP contribution in [0.4, 0.5) is 0 Å². The molecular formula is C12H21N5O. The number of aryl methyl sites for hydroxylation is 1. The number of fused-ring (bicyclic) bond motifs is 1. The van der Waals surface area contributed by atoms with Crippen molar-refractivity contribution in [3.63, 3.8) is 0 Å². The van der Waals surface area contributed by atoms with Crippen LogP contribution in [0.25, 0.3) is 0 Å². The quantitative estimate of drug-likeness (QED) is 0.812. The smallest absolute Gasteiger partial charge is 0.240 e. The summed E-state index contributed by atoms with van der Waals surface area (Å²) in [7, 11) is 1.78. The third-order valence-electron chi connectivity index (χ3n) is 3.57. The lowest BCUT2D eigenvalue weighted by molar-refractivity contribution is -0.127. The number of carbonyl (C=O) groups excluding carboxylic acids is 1. The highest BCUT2D eigenvalue weighted by atomic mass is 16.2. The summed E-state index contributed by atoms with van der Waals surface area (Å²) in [5.74, 6) is 1.84. The fraction of sp³-hybridized carbons (Fsp3) is 0.750. The number of likely N-dealkylation sites (N-methyl/N-ethyl adjacent to an activating group) is 1. The molecule has 1 amide bonds. The molecule has 18 heavy (non-hydrogen) atoms. The van der Waals surface area contributed by atoms with Gasteiger partial charge in [-0.1, -0.05) is 0 Å². The summed E-state index contributed by atoms with van der Waals surface area (Å²) in [6.07, 6.45) is 2.09. The molecule has 2 heterocycles. The van der Waals surface area contributed by atoms with Gasteiger partial charge in [0.2, 0.25) is 5.91 Å². The van der Waals surface area contributed by atoms with Crippen LogP contribution in [0.1, 0.15) is 44.9 Å². The van der Waals surface area contributed by atoms with Crippen molar-refractivity contribution in [1.29, 1.82) is 0 Å². The van der Waals surface area contributed by atoms with E-state index in [-0.39, 0.29) is 11.9 Å². The molecule has 1 aromatic rings. The summed E-state index contributed by atoms with van der Waals surface area (Å²) in [6, 6.07) is -0.121. The van der Waals surface area contributed by atoms with Gasteiger partial charge in [0, 0.05) is 13.0 Å². The van der Waals surface area contributed by atoms with Crippen LogP contribution in [0.15, 0.2) is 0 Å². The average Bonchev–Trinajstić information content (AvgIpc) is 2.89. The molecule has 0 radical (unpaired) electrons. The maximum absolute atomic E-state index is 12.1. The molecule has 0 saturated carbocycles. The predicted octanol–water partition coefficient (Wildman–Crippen LogP) is 0.399. The van der Waals surface area contributed by atoms with E-state index < -0.39 is 5.54 Å². The van der Waals surface area contributed by atoms with Crippen LogP contribution in [0.3, 0.4) is 0 Å². The molecule has 6 heteroatoms. The van der Waals surface area contributed by atoms with E-state index in [1.165, 1.54) is 0 Å². The summed E-state index contributed by atoms with van der Waals surface area (Å²) in [6.45, 7) is 6.60. The van der Waals surface area contributed by atoms with Gasteiger partial charge in [-0.2, -0.15) is 0 Å². The molecule has 0 spiro atoms. The lowest BCUT2D eigenvalue weighted by Crippen LogP contribution is -2.51. The molecule has 0 fully saturated rings. The number of hydrogen-bond acceptors (Lipinski definition) is 4. The molecular weight excluding hydrogens is 230 g/mol. The van der Waals surface area contributed by atoms with Gasteiger partial charge in [0.25, 0.3) is 0 Å². The summed E-state index contributed by atoms with van der Waals surface area (Å²) in [5, 5.41) is 14.3. The zero-order chi connectivity index (χ0) is 13.3. The van der Waals surface area contributed by atoms with Crippen LogP contribution in [0.5, 0.6) is 0 Å². The van der Waals surface area contributed by atoms with E-state index in [0.29, 0.717) is 0 Å². The lowest BCUT2D eigenvalue weighted by Gasteiger charge is -2.25. The van der Waals surface area contributed by atoms with Gasteiger partial charge >= 0.3 is 0 Å². The van der Waals surface area contributed by atoms with Crippen LogP contribution >= 0.6 is 0 Å². The van der Waals surface area contributed by atoms with Gasteiger partial charge in [0.1, 0.15) is 5.82 Å². The maximum atomic E-state index is 12.1. The third kappa shape index (κ3) is 2.25. The molecule has 0 saturated heterocycles. The highest BCUT2D eigenvalue weighted by molar-refractivity contribution is 5.85. The second-order valence-electron chi connectivity index (χ2n) is 5.30. The number of rotatable bonds is 4. The number of amides is 1. The first-order chi connectivity index (χ1) is 8.45. The maximum Gasteiger partial charge on any atom is 0.240 e. The summed E-state index contributed by atoms with van der Waals surface area (Å²) >= 11 is 0. The van der Waals surface area contributed by atoms with E-state index in [2.05, 4.69) is 25.4 Å². The van der Waals surface area contributed by atoms with Gasteiger partial charge < -0.3 is 15.2 Å². The van der Waals surface area contributed by atoms with E-state index in [4.69, 9.17) is 0 Å². The molecule has 1 aliphatic rings. The Hall–Kier alpha value is -1.43. The molecule has 6 nitrogen and oxygen atoms in total.